The monoisotopic (exact) mass is 301 g/mol. The van der Waals surface area contributed by atoms with E-state index < -0.39 is 6.17 Å². The third-order valence-corrected chi connectivity index (χ3v) is 5.59. The van der Waals surface area contributed by atoms with Crippen molar-refractivity contribution in [2.45, 2.75) is 43.1 Å². The number of nitrogens with one attached hydrogen (secondary N) is 1. The van der Waals surface area contributed by atoms with Gasteiger partial charge in [-0.25, -0.2) is 4.39 Å². The van der Waals surface area contributed by atoms with Gasteiger partial charge in [0.15, 0.2) is 5.17 Å². The lowest BCUT2D eigenvalue weighted by molar-refractivity contribution is 0.0377. The summed E-state index contributed by atoms with van der Waals surface area (Å²) in [5, 5.41) is 4.90. The van der Waals surface area contributed by atoms with Crippen LogP contribution in [0.4, 0.5) is 4.39 Å². The largest absolute Gasteiger partial charge is 0.379 e. The minimum absolute atomic E-state index is 0.400. The number of fused-ring (bicyclic) bond motifs is 1. The molecule has 20 heavy (non-hydrogen) atoms. The number of rotatable bonds is 4. The average Bonchev–Trinajstić information content (AvgIpc) is 2.86. The molecule has 0 bridgehead atoms. The predicted octanol–water partition coefficient (Wildman–Crippen LogP) is 1.66. The summed E-state index contributed by atoms with van der Waals surface area (Å²) in [5.41, 5.74) is 0. The molecule has 0 aromatic carbocycles. The second kappa shape index (κ2) is 7.09. The number of hydrogen-bond donors (Lipinski definition) is 1. The van der Waals surface area contributed by atoms with Gasteiger partial charge in [-0.3, -0.25) is 9.89 Å². The van der Waals surface area contributed by atoms with Gasteiger partial charge >= 0.3 is 0 Å². The highest BCUT2D eigenvalue weighted by molar-refractivity contribution is 8.14. The van der Waals surface area contributed by atoms with Crippen LogP contribution in [0.2, 0.25) is 0 Å². The summed E-state index contributed by atoms with van der Waals surface area (Å²) in [6, 6.07) is 0.449. The first-order chi connectivity index (χ1) is 9.81. The highest BCUT2D eigenvalue weighted by Gasteiger charge is 2.37. The van der Waals surface area contributed by atoms with E-state index >= 15 is 0 Å². The lowest BCUT2D eigenvalue weighted by atomic mass is 9.94. The number of morpholine rings is 1. The first kappa shape index (κ1) is 14.6. The minimum atomic E-state index is -0.605. The maximum atomic E-state index is 13.4. The second-order valence-corrected chi connectivity index (χ2v) is 7.04. The van der Waals surface area contributed by atoms with Gasteiger partial charge < -0.3 is 10.1 Å². The molecule has 0 aromatic rings. The molecule has 1 N–H and O–H groups in total. The molecule has 0 spiro atoms. The van der Waals surface area contributed by atoms with Crippen LogP contribution in [0.5, 0.6) is 0 Å². The van der Waals surface area contributed by atoms with Gasteiger partial charge in [-0.2, -0.15) is 0 Å². The van der Waals surface area contributed by atoms with E-state index in [-0.39, 0.29) is 0 Å². The molecule has 1 aliphatic carbocycles. The average molecular weight is 301 g/mol. The van der Waals surface area contributed by atoms with E-state index in [2.05, 4.69) is 15.2 Å². The van der Waals surface area contributed by atoms with Crippen molar-refractivity contribution in [3.63, 3.8) is 0 Å². The van der Waals surface area contributed by atoms with Gasteiger partial charge in [-0.05, 0) is 25.7 Å². The number of thioether (sulfide) groups is 1. The molecule has 3 rings (SSSR count). The van der Waals surface area contributed by atoms with E-state index in [1.165, 1.54) is 0 Å². The molecular weight excluding hydrogens is 277 g/mol. The molecule has 0 aromatic heterocycles. The number of nitrogens with zero attached hydrogens (tertiary/aromatic N) is 2. The topological polar surface area (TPSA) is 36.9 Å². The van der Waals surface area contributed by atoms with E-state index in [1.807, 2.05) is 0 Å². The van der Waals surface area contributed by atoms with E-state index in [9.17, 15) is 4.39 Å². The van der Waals surface area contributed by atoms with Gasteiger partial charge in [0.05, 0.1) is 13.2 Å². The standard InChI is InChI=1S/C14H24FN3OS/c15-11-2-3-12-13(10-11)20-14(17-12)16-4-1-5-18-6-8-19-9-7-18/h11-13H,1-10H2,(H,16,17). The fourth-order valence-corrected chi connectivity index (χ4v) is 4.44. The van der Waals surface area contributed by atoms with Gasteiger partial charge in [0, 0.05) is 37.5 Å². The van der Waals surface area contributed by atoms with Crippen LogP contribution in [-0.4, -0.2) is 66.9 Å². The van der Waals surface area contributed by atoms with Crippen molar-refractivity contribution in [2.24, 2.45) is 4.99 Å². The van der Waals surface area contributed by atoms with Crippen molar-refractivity contribution < 1.29 is 9.13 Å². The molecule has 3 atom stereocenters. The minimum Gasteiger partial charge on any atom is -0.379 e. The Hall–Kier alpha value is -0.330. The van der Waals surface area contributed by atoms with Gasteiger partial charge in [0.2, 0.25) is 0 Å². The lowest BCUT2D eigenvalue weighted by Gasteiger charge is -2.26. The molecule has 6 heteroatoms. The summed E-state index contributed by atoms with van der Waals surface area (Å²) in [5.74, 6) is 0. The van der Waals surface area contributed by atoms with Gasteiger partial charge in [0.25, 0.3) is 0 Å². The first-order valence-electron chi connectivity index (χ1n) is 7.73. The molecule has 1 saturated carbocycles. The zero-order chi connectivity index (χ0) is 13.8. The SMILES string of the molecule is FC1CCC2NC(=NCCCN3CCOCC3)SC2C1. The van der Waals surface area contributed by atoms with Crippen molar-refractivity contribution in [2.75, 3.05) is 39.4 Å². The number of halogens is 1. The number of alkyl halides is 1. The molecule has 4 nitrogen and oxygen atoms in total. The fraction of sp³-hybridized carbons (Fsp3) is 0.929. The Labute approximate surface area is 124 Å². The summed E-state index contributed by atoms with van der Waals surface area (Å²) in [6.45, 7) is 5.78. The summed E-state index contributed by atoms with van der Waals surface area (Å²) >= 11 is 1.75. The smallest absolute Gasteiger partial charge is 0.157 e. The Bertz CT molecular complexity index is 349. The molecule has 2 heterocycles. The van der Waals surface area contributed by atoms with Crippen LogP contribution < -0.4 is 5.32 Å². The number of ether oxygens (including phenoxy) is 1. The first-order valence-corrected chi connectivity index (χ1v) is 8.61. The summed E-state index contributed by atoms with van der Waals surface area (Å²) < 4.78 is 18.7. The van der Waals surface area contributed by atoms with Crippen molar-refractivity contribution in [3.8, 4) is 0 Å². The maximum Gasteiger partial charge on any atom is 0.157 e. The molecule has 2 aliphatic heterocycles. The normalized spacial score (nSPS) is 36.9. The molecule has 0 amide bonds. The van der Waals surface area contributed by atoms with Crippen LogP contribution in [0, 0.1) is 0 Å². The Balaban J connectivity index is 1.37. The Kier molecular flexibility index (Phi) is 5.18. The van der Waals surface area contributed by atoms with Crippen molar-refractivity contribution >= 4 is 16.9 Å². The number of amidine groups is 1. The van der Waals surface area contributed by atoms with Gasteiger partial charge in [-0.1, -0.05) is 11.8 Å². The molecule has 3 unspecified atom stereocenters. The van der Waals surface area contributed by atoms with E-state index in [0.29, 0.717) is 24.1 Å². The third-order valence-electron chi connectivity index (χ3n) is 4.29. The third kappa shape index (κ3) is 3.86. The maximum absolute atomic E-state index is 13.4. The number of hydrogen-bond acceptors (Lipinski definition) is 4. The van der Waals surface area contributed by atoms with Gasteiger partial charge in [0.1, 0.15) is 6.17 Å². The summed E-state index contributed by atoms with van der Waals surface area (Å²) in [6.07, 6.45) is 2.83. The Morgan fingerprint density at radius 2 is 2.20 bits per heavy atom. The van der Waals surface area contributed by atoms with E-state index in [1.54, 1.807) is 11.8 Å². The molecule has 2 saturated heterocycles. The van der Waals surface area contributed by atoms with Crippen molar-refractivity contribution in [1.82, 2.24) is 10.2 Å². The Morgan fingerprint density at radius 1 is 1.35 bits per heavy atom. The summed E-state index contributed by atoms with van der Waals surface area (Å²) in [4.78, 5) is 7.08. The van der Waals surface area contributed by atoms with Crippen LogP contribution in [-0.2, 0) is 4.74 Å². The quantitative estimate of drug-likeness (QED) is 0.801. The van der Waals surface area contributed by atoms with Crippen molar-refractivity contribution in [1.29, 1.82) is 0 Å². The van der Waals surface area contributed by atoms with Crippen LogP contribution >= 0.6 is 11.8 Å². The molecule has 114 valence electrons. The molecule has 0 radical (unpaired) electrons. The highest BCUT2D eigenvalue weighted by atomic mass is 32.2. The molecule has 3 fully saturated rings. The fourth-order valence-electron chi connectivity index (χ4n) is 3.09. The molecule has 3 aliphatic rings. The number of aliphatic imine (C=N–C) groups is 1. The highest BCUT2D eigenvalue weighted by Crippen LogP contribution is 2.35. The van der Waals surface area contributed by atoms with Crippen LogP contribution in [0.3, 0.4) is 0 Å². The van der Waals surface area contributed by atoms with Gasteiger partial charge in [-0.15, -0.1) is 0 Å². The second-order valence-electron chi connectivity index (χ2n) is 5.81. The van der Waals surface area contributed by atoms with Crippen LogP contribution in [0.15, 0.2) is 4.99 Å². The van der Waals surface area contributed by atoms with E-state index in [4.69, 9.17) is 4.74 Å². The van der Waals surface area contributed by atoms with Crippen LogP contribution in [0.25, 0.3) is 0 Å². The predicted molar refractivity (Wildman–Crippen MR) is 81.2 cm³/mol. The zero-order valence-electron chi connectivity index (χ0n) is 11.9. The van der Waals surface area contributed by atoms with Crippen molar-refractivity contribution in [3.05, 3.63) is 0 Å². The summed E-state index contributed by atoms with van der Waals surface area (Å²) in [7, 11) is 0. The van der Waals surface area contributed by atoms with Crippen LogP contribution in [0.1, 0.15) is 25.7 Å². The molecular formula is C14H24FN3OS. The lowest BCUT2D eigenvalue weighted by Crippen LogP contribution is -2.37. The Morgan fingerprint density at radius 3 is 3.05 bits per heavy atom. The zero-order valence-corrected chi connectivity index (χ0v) is 12.7. The van der Waals surface area contributed by atoms with E-state index in [0.717, 1.165) is 57.4 Å².